The Morgan fingerprint density at radius 1 is 0.774 bits per heavy atom. The van der Waals surface area contributed by atoms with Gasteiger partial charge in [0.1, 0.15) is 5.01 Å². The Bertz CT molecular complexity index is 1300. The van der Waals surface area contributed by atoms with Crippen molar-refractivity contribution in [1.82, 2.24) is 20.2 Å². The molecule has 0 bridgehead atoms. The number of nitrogens with zero attached hydrogens (tertiary/aromatic N) is 4. The Morgan fingerprint density at radius 2 is 1.65 bits per heavy atom. The second-order valence-electron chi connectivity index (χ2n) is 7.16. The lowest BCUT2D eigenvalue weighted by Gasteiger charge is -2.07. The van der Waals surface area contributed by atoms with Gasteiger partial charge in [0.15, 0.2) is 5.82 Å². The fraction of sp³-hybridized carbons (Fsp3) is 0.0400. The first-order valence-electron chi connectivity index (χ1n) is 9.89. The molecule has 0 aliphatic carbocycles. The molecule has 31 heavy (non-hydrogen) atoms. The third-order valence-corrected chi connectivity index (χ3v) is 5.75. The standard InChI is InChI=1S/C25H19N5S/c1-17-7-9-18(10-8-17)22-11-12-24(30-29-22)27-21-6-2-4-19(14-21)23-16-31-25(28-23)20-5-3-13-26-15-20/h2-16H,1H3,(H,27,30). The molecule has 0 aliphatic rings. The summed E-state index contributed by atoms with van der Waals surface area (Å²) >= 11 is 1.61. The number of hydrogen-bond acceptors (Lipinski definition) is 6. The molecule has 5 rings (SSSR count). The van der Waals surface area contributed by atoms with Crippen LogP contribution in [-0.4, -0.2) is 20.2 Å². The smallest absolute Gasteiger partial charge is 0.153 e. The number of nitrogens with one attached hydrogen (secondary N) is 1. The van der Waals surface area contributed by atoms with Gasteiger partial charge in [-0.1, -0.05) is 42.0 Å². The maximum atomic E-state index is 4.77. The second kappa shape index (κ2) is 8.45. The molecule has 0 fully saturated rings. The maximum Gasteiger partial charge on any atom is 0.153 e. The van der Waals surface area contributed by atoms with E-state index < -0.39 is 0 Å². The van der Waals surface area contributed by atoms with E-state index in [1.165, 1.54) is 5.56 Å². The Kier molecular flexibility index (Phi) is 5.21. The molecule has 0 radical (unpaired) electrons. The molecule has 0 saturated heterocycles. The van der Waals surface area contributed by atoms with E-state index in [1.807, 2.05) is 42.6 Å². The van der Waals surface area contributed by atoms with Crippen LogP contribution < -0.4 is 5.32 Å². The maximum absolute atomic E-state index is 4.77. The van der Waals surface area contributed by atoms with Crippen LogP contribution in [0.5, 0.6) is 0 Å². The summed E-state index contributed by atoms with van der Waals surface area (Å²) in [5.41, 5.74) is 7.07. The number of aryl methyl sites for hydroxylation is 1. The highest BCUT2D eigenvalue weighted by atomic mass is 32.1. The molecule has 2 aromatic carbocycles. The van der Waals surface area contributed by atoms with Gasteiger partial charge in [-0.2, -0.15) is 0 Å². The van der Waals surface area contributed by atoms with Crippen molar-refractivity contribution in [2.45, 2.75) is 6.92 Å². The van der Waals surface area contributed by atoms with Crippen LogP contribution in [0.2, 0.25) is 0 Å². The minimum Gasteiger partial charge on any atom is -0.339 e. The van der Waals surface area contributed by atoms with Crippen LogP contribution in [0, 0.1) is 6.92 Å². The molecule has 3 aromatic heterocycles. The summed E-state index contributed by atoms with van der Waals surface area (Å²) in [6, 6.07) is 24.3. The molecule has 3 heterocycles. The summed E-state index contributed by atoms with van der Waals surface area (Å²) < 4.78 is 0. The molecule has 1 N–H and O–H groups in total. The zero-order valence-electron chi connectivity index (χ0n) is 16.9. The van der Waals surface area contributed by atoms with Gasteiger partial charge in [0.2, 0.25) is 0 Å². The molecular formula is C25H19N5S. The molecule has 0 aliphatic heterocycles. The molecular weight excluding hydrogens is 402 g/mol. The van der Waals surface area contributed by atoms with Gasteiger partial charge in [-0.15, -0.1) is 21.5 Å². The van der Waals surface area contributed by atoms with E-state index in [0.717, 1.165) is 38.8 Å². The Morgan fingerprint density at radius 3 is 2.42 bits per heavy atom. The summed E-state index contributed by atoms with van der Waals surface area (Å²) in [4.78, 5) is 8.95. The van der Waals surface area contributed by atoms with Gasteiger partial charge in [0, 0.05) is 40.2 Å². The van der Waals surface area contributed by atoms with Crippen molar-refractivity contribution in [3.8, 4) is 33.1 Å². The number of aromatic nitrogens is 4. The molecule has 150 valence electrons. The SMILES string of the molecule is Cc1ccc(-c2ccc(Nc3cccc(-c4csc(-c5cccnc5)n4)c3)nn2)cc1. The van der Waals surface area contributed by atoms with Gasteiger partial charge in [0.25, 0.3) is 0 Å². The summed E-state index contributed by atoms with van der Waals surface area (Å²) in [7, 11) is 0. The quantitative estimate of drug-likeness (QED) is 0.357. The van der Waals surface area contributed by atoms with Crippen molar-refractivity contribution in [3.63, 3.8) is 0 Å². The van der Waals surface area contributed by atoms with Crippen molar-refractivity contribution in [1.29, 1.82) is 0 Å². The van der Waals surface area contributed by atoms with Crippen LogP contribution in [0.25, 0.3) is 33.1 Å². The summed E-state index contributed by atoms with van der Waals surface area (Å²) in [6.07, 6.45) is 3.60. The lowest BCUT2D eigenvalue weighted by Crippen LogP contribution is -1.96. The first-order chi connectivity index (χ1) is 15.2. The minimum absolute atomic E-state index is 0.697. The van der Waals surface area contributed by atoms with E-state index in [2.05, 4.69) is 69.2 Å². The molecule has 5 aromatic rings. The van der Waals surface area contributed by atoms with Crippen LogP contribution in [0.15, 0.2) is 90.6 Å². The summed E-state index contributed by atoms with van der Waals surface area (Å²) in [5, 5.41) is 15.1. The fourth-order valence-corrected chi connectivity index (χ4v) is 4.03. The Hall–Kier alpha value is -3.90. The summed E-state index contributed by atoms with van der Waals surface area (Å²) in [6.45, 7) is 2.07. The first kappa shape index (κ1) is 19.1. The average Bonchev–Trinajstić information content (AvgIpc) is 3.32. The highest BCUT2D eigenvalue weighted by Crippen LogP contribution is 2.30. The number of pyridine rings is 1. The Balaban J connectivity index is 1.34. The molecule has 0 atom stereocenters. The largest absolute Gasteiger partial charge is 0.339 e. The van der Waals surface area contributed by atoms with E-state index >= 15 is 0 Å². The third kappa shape index (κ3) is 4.34. The predicted molar refractivity (Wildman–Crippen MR) is 126 cm³/mol. The topological polar surface area (TPSA) is 63.6 Å². The lowest BCUT2D eigenvalue weighted by atomic mass is 10.1. The van der Waals surface area contributed by atoms with Gasteiger partial charge in [-0.05, 0) is 43.3 Å². The van der Waals surface area contributed by atoms with Gasteiger partial charge in [0.05, 0.1) is 11.4 Å². The molecule has 5 nitrogen and oxygen atoms in total. The molecule has 0 amide bonds. The fourth-order valence-electron chi connectivity index (χ4n) is 3.21. The van der Waals surface area contributed by atoms with Crippen LogP contribution in [0.4, 0.5) is 11.5 Å². The Labute approximate surface area is 184 Å². The highest BCUT2D eigenvalue weighted by Gasteiger charge is 2.08. The predicted octanol–water partition coefficient (Wildman–Crippen LogP) is 6.38. The molecule has 0 spiro atoms. The van der Waals surface area contributed by atoms with Gasteiger partial charge >= 0.3 is 0 Å². The van der Waals surface area contributed by atoms with Gasteiger partial charge < -0.3 is 5.32 Å². The van der Waals surface area contributed by atoms with E-state index in [0.29, 0.717) is 5.82 Å². The zero-order chi connectivity index (χ0) is 21.0. The van der Waals surface area contributed by atoms with Crippen LogP contribution in [0.3, 0.4) is 0 Å². The number of thiazole rings is 1. The number of rotatable bonds is 5. The number of benzene rings is 2. The van der Waals surface area contributed by atoms with Crippen molar-refractivity contribution < 1.29 is 0 Å². The zero-order valence-corrected chi connectivity index (χ0v) is 17.7. The first-order valence-corrected chi connectivity index (χ1v) is 10.8. The van der Waals surface area contributed by atoms with E-state index in [-0.39, 0.29) is 0 Å². The van der Waals surface area contributed by atoms with Crippen LogP contribution >= 0.6 is 11.3 Å². The average molecular weight is 422 g/mol. The van der Waals surface area contributed by atoms with E-state index in [9.17, 15) is 0 Å². The van der Waals surface area contributed by atoms with Crippen molar-refractivity contribution in [2.24, 2.45) is 0 Å². The van der Waals surface area contributed by atoms with E-state index in [1.54, 1.807) is 17.5 Å². The molecule has 0 unspecified atom stereocenters. The minimum atomic E-state index is 0.697. The normalized spacial score (nSPS) is 10.7. The van der Waals surface area contributed by atoms with Crippen LogP contribution in [0.1, 0.15) is 5.56 Å². The number of anilines is 2. The second-order valence-corrected chi connectivity index (χ2v) is 8.01. The lowest BCUT2D eigenvalue weighted by molar-refractivity contribution is 1.04. The van der Waals surface area contributed by atoms with Gasteiger partial charge in [-0.3, -0.25) is 4.98 Å². The molecule has 0 saturated carbocycles. The molecule has 6 heteroatoms. The summed E-state index contributed by atoms with van der Waals surface area (Å²) in [5.74, 6) is 0.697. The van der Waals surface area contributed by atoms with Gasteiger partial charge in [-0.25, -0.2) is 4.98 Å². The number of hydrogen-bond donors (Lipinski definition) is 1. The van der Waals surface area contributed by atoms with Crippen molar-refractivity contribution >= 4 is 22.8 Å². The third-order valence-electron chi connectivity index (χ3n) is 4.86. The monoisotopic (exact) mass is 421 g/mol. The van der Waals surface area contributed by atoms with Crippen LogP contribution in [-0.2, 0) is 0 Å². The van der Waals surface area contributed by atoms with E-state index in [4.69, 9.17) is 4.98 Å². The van der Waals surface area contributed by atoms with Crippen molar-refractivity contribution in [2.75, 3.05) is 5.32 Å². The van der Waals surface area contributed by atoms with Crippen molar-refractivity contribution in [3.05, 3.63) is 96.1 Å². The highest BCUT2D eigenvalue weighted by molar-refractivity contribution is 7.13.